The summed E-state index contributed by atoms with van der Waals surface area (Å²) in [7, 11) is 0. The highest BCUT2D eigenvalue weighted by atomic mass is 15.1. The molecular weight excluding hydrogens is 651 g/mol. The monoisotopic (exact) mass is 699 g/mol. The van der Waals surface area contributed by atoms with Crippen LogP contribution in [0.4, 0.5) is 17.1 Å². The van der Waals surface area contributed by atoms with Gasteiger partial charge in [-0.15, -0.1) is 0 Å². The maximum atomic E-state index is 2.53. The molecule has 2 aliphatic rings. The van der Waals surface area contributed by atoms with E-state index >= 15 is 0 Å². The SMILES string of the molecule is CC1(C)CCC(C)(C)c2cc(-c3cc4c(cc3N(c3ccccc3)c3cc(-c5ccccc5)cc(-c5ccccc5)c3)C(C)(C)c3ccccc3-4)ccc21. The van der Waals surface area contributed by atoms with Crippen molar-refractivity contribution in [1.82, 2.24) is 0 Å². The largest absolute Gasteiger partial charge is 0.310 e. The van der Waals surface area contributed by atoms with E-state index in [-0.39, 0.29) is 16.2 Å². The van der Waals surface area contributed by atoms with E-state index in [0.717, 1.165) is 11.4 Å². The Morgan fingerprint density at radius 1 is 0.352 bits per heavy atom. The van der Waals surface area contributed by atoms with Gasteiger partial charge in [-0.25, -0.2) is 0 Å². The molecule has 0 saturated heterocycles. The van der Waals surface area contributed by atoms with Crippen LogP contribution in [0.1, 0.15) is 76.6 Å². The maximum Gasteiger partial charge on any atom is 0.0543 e. The Balaban J connectivity index is 1.36. The highest BCUT2D eigenvalue weighted by Crippen LogP contribution is 2.55. The van der Waals surface area contributed by atoms with Gasteiger partial charge in [-0.1, -0.05) is 163 Å². The molecule has 0 unspecified atom stereocenters. The molecule has 7 aromatic rings. The van der Waals surface area contributed by atoms with Crippen LogP contribution in [-0.4, -0.2) is 0 Å². The number of hydrogen-bond donors (Lipinski definition) is 0. The third-order valence-corrected chi connectivity index (χ3v) is 12.5. The lowest BCUT2D eigenvalue weighted by molar-refractivity contribution is 0.332. The second-order valence-electron chi connectivity index (χ2n) is 17.3. The Morgan fingerprint density at radius 3 is 1.54 bits per heavy atom. The van der Waals surface area contributed by atoms with Gasteiger partial charge in [0.2, 0.25) is 0 Å². The molecule has 1 heteroatoms. The third-order valence-electron chi connectivity index (χ3n) is 12.5. The summed E-state index contributed by atoms with van der Waals surface area (Å²) in [5.74, 6) is 0. The molecule has 7 aromatic carbocycles. The Morgan fingerprint density at radius 2 is 0.907 bits per heavy atom. The Labute approximate surface area is 322 Å². The minimum Gasteiger partial charge on any atom is -0.310 e. The molecule has 0 fully saturated rings. The number of fused-ring (bicyclic) bond motifs is 4. The molecule has 0 radical (unpaired) electrons. The number of nitrogens with zero attached hydrogens (tertiary/aromatic N) is 1. The van der Waals surface area contributed by atoms with Crippen molar-refractivity contribution >= 4 is 17.1 Å². The average molecular weight is 700 g/mol. The summed E-state index contributed by atoms with van der Waals surface area (Å²) in [5.41, 5.74) is 19.3. The zero-order valence-corrected chi connectivity index (χ0v) is 32.4. The molecule has 0 saturated carbocycles. The third kappa shape index (κ3) is 5.69. The number of para-hydroxylation sites is 1. The van der Waals surface area contributed by atoms with Crippen LogP contribution in [0.15, 0.2) is 164 Å². The first-order valence-electron chi connectivity index (χ1n) is 19.6. The Kier molecular flexibility index (Phi) is 8.05. The molecule has 1 nitrogen and oxygen atoms in total. The quantitative estimate of drug-likeness (QED) is 0.167. The molecule has 0 atom stereocenters. The van der Waals surface area contributed by atoms with E-state index in [1.54, 1.807) is 0 Å². The molecule has 0 amide bonds. The summed E-state index contributed by atoms with van der Waals surface area (Å²) < 4.78 is 0. The number of hydrogen-bond acceptors (Lipinski definition) is 1. The van der Waals surface area contributed by atoms with Gasteiger partial charge in [0.15, 0.2) is 0 Å². The fourth-order valence-corrected chi connectivity index (χ4v) is 9.25. The molecule has 0 aromatic heterocycles. The van der Waals surface area contributed by atoms with Crippen LogP contribution in [0, 0.1) is 0 Å². The van der Waals surface area contributed by atoms with E-state index in [2.05, 4.69) is 210 Å². The van der Waals surface area contributed by atoms with Crippen LogP contribution >= 0.6 is 0 Å². The molecular formula is C53H49N. The van der Waals surface area contributed by atoms with E-state index in [4.69, 9.17) is 0 Å². The van der Waals surface area contributed by atoms with Gasteiger partial charge in [-0.05, 0) is 127 Å². The smallest absolute Gasteiger partial charge is 0.0543 e. The van der Waals surface area contributed by atoms with Gasteiger partial charge >= 0.3 is 0 Å². The standard InChI is InChI=1S/C53H49N/c1-51(2)28-29-52(3,4)49-33-38(26-27-47(49)51)44-34-45-43-24-16-17-25-46(43)53(5,6)48(45)35-50(44)54(41-22-14-9-15-23-41)42-31-39(36-18-10-7-11-19-36)30-40(32-42)37-20-12-8-13-21-37/h7-27,30-35H,28-29H2,1-6H3. The first kappa shape index (κ1) is 34.1. The van der Waals surface area contributed by atoms with Gasteiger partial charge in [0.1, 0.15) is 0 Å². The summed E-state index contributed by atoms with van der Waals surface area (Å²) in [6.07, 6.45) is 2.38. The second kappa shape index (κ2) is 12.7. The predicted octanol–water partition coefficient (Wildman–Crippen LogP) is 14.8. The minimum absolute atomic E-state index is 0.0973. The summed E-state index contributed by atoms with van der Waals surface area (Å²) in [6.45, 7) is 14.5. The summed E-state index contributed by atoms with van der Waals surface area (Å²) in [4.78, 5) is 2.52. The number of rotatable bonds is 6. The van der Waals surface area contributed by atoms with E-state index in [9.17, 15) is 0 Å². The minimum atomic E-state index is -0.148. The van der Waals surface area contributed by atoms with Crippen LogP contribution < -0.4 is 4.90 Å². The second-order valence-corrected chi connectivity index (χ2v) is 17.3. The lowest BCUT2D eigenvalue weighted by Gasteiger charge is -2.42. The summed E-state index contributed by atoms with van der Waals surface area (Å²) in [5, 5.41) is 0. The fourth-order valence-electron chi connectivity index (χ4n) is 9.25. The average Bonchev–Trinajstić information content (AvgIpc) is 3.42. The molecule has 9 rings (SSSR count). The van der Waals surface area contributed by atoms with Gasteiger partial charge in [-0.3, -0.25) is 0 Å². The van der Waals surface area contributed by atoms with Crippen molar-refractivity contribution in [2.45, 2.75) is 70.6 Å². The van der Waals surface area contributed by atoms with Crippen molar-refractivity contribution in [3.63, 3.8) is 0 Å². The normalized spacial score (nSPS) is 15.9. The fraction of sp³-hybridized carbons (Fsp3) is 0.208. The van der Waals surface area contributed by atoms with E-state index in [1.807, 2.05) is 0 Å². The molecule has 0 N–H and O–H groups in total. The van der Waals surface area contributed by atoms with Gasteiger partial charge in [0.05, 0.1) is 5.69 Å². The van der Waals surface area contributed by atoms with Crippen LogP contribution in [0.5, 0.6) is 0 Å². The molecule has 54 heavy (non-hydrogen) atoms. The number of benzene rings is 7. The highest BCUT2D eigenvalue weighted by molar-refractivity contribution is 5.96. The van der Waals surface area contributed by atoms with Crippen LogP contribution in [0.3, 0.4) is 0 Å². The lowest BCUT2D eigenvalue weighted by atomic mass is 9.63. The number of anilines is 3. The summed E-state index contributed by atoms with van der Waals surface area (Å²) >= 11 is 0. The van der Waals surface area contributed by atoms with Crippen LogP contribution in [-0.2, 0) is 16.2 Å². The maximum absolute atomic E-state index is 2.53. The van der Waals surface area contributed by atoms with E-state index in [1.165, 1.54) is 85.3 Å². The van der Waals surface area contributed by atoms with Crippen molar-refractivity contribution in [3.05, 3.63) is 186 Å². The van der Waals surface area contributed by atoms with Crippen molar-refractivity contribution in [3.8, 4) is 44.5 Å². The lowest BCUT2D eigenvalue weighted by Crippen LogP contribution is -2.33. The molecule has 0 spiro atoms. The molecule has 2 aliphatic carbocycles. The zero-order valence-electron chi connectivity index (χ0n) is 32.4. The van der Waals surface area contributed by atoms with Crippen molar-refractivity contribution in [1.29, 1.82) is 0 Å². The predicted molar refractivity (Wildman–Crippen MR) is 230 cm³/mol. The van der Waals surface area contributed by atoms with Crippen LogP contribution in [0.25, 0.3) is 44.5 Å². The molecule has 0 aliphatic heterocycles. The van der Waals surface area contributed by atoms with Gasteiger partial charge in [-0.2, -0.15) is 0 Å². The van der Waals surface area contributed by atoms with Crippen LogP contribution in [0.2, 0.25) is 0 Å². The molecule has 0 heterocycles. The van der Waals surface area contributed by atoms with Crippen molar-refractivity contribution in [2.24, 2.45) is 0 Å². The Hall–Kier alpha value is -5.66. The highest BCUT2D eigenvalue weighted by Gasteiger charge is 2.39. The van der Waals surface area contributed by atoms with Gasteiger partial charge in [0.25, 0.3) is 0 Å². The van der Waals surface area contributed by atoms with Gasteiger partial charge in [0, 0.05) is 22.4 Å². The molecule has 266 valence electrons. The Bertz CT molecular complexity index is 2450. The zero-order chi connectivity index (χ0) is 37.2. The first-order chi connectivity index (χ1) is 26.0. The topological polar surface area (TPSA) is 3.24 Å². The first-order valence-corrected chi connectivity index (χ1v) is 19.6. The van der Waals surface area contributed by atoms with Crippen molar-refractivity contribution in [2.75, 3.05) is 4.90 Å². The van der Waals surface area contributed by atoms with E-state index in [0.29, 0.717) is 0 Å². The molecule has 0 bridgehead atoms. The van der Waals surface area contributed by atoms with Gasteiger partial charge < -0.3 is 4.90 Å². The van der Waals surface area contributed by atoms with E-state index < -0.39 is 0 Å². The van der Waals surface area contributed by atoms with Crippen molar-refractivity contribution < 1.29 is 0 Å². The summed E-state index contributed by atoms with van der Waals surface area (Å²) in [6, 6.07) is 61.1.